The molecule has 0 heterocycles. The quantitative estimate of drug-likeness (QED) is 0.0422. The fourth-order valence-electron chi connectivity index (χ4n) is 6.18. The van der Waals surface area contributed by atoms with Gasteiger partial charge in [0.1, 0.15) is 5.75 Å². The fourth-order valence-corrected chi connectivity index (χ4v) is 6.18. The number of nitrogens with one attached hydrogen (secondary N) is 4. The average Bonchev–Trinajstić information content (AvgIpc) is 3.17. The Bertz CT molecular complexity index is 2080. The molecule has 52 heavy (non-hydrogen) atoms. The Balaban J connectivity index is 1.26. The molecule has 0 aliphatic rings. The van der Waals surface area contributed by atoms with Gasteiger partial charge in [0.2, 0.25) is 0 Å². The summed E-state index contributed by atoms with van der Waals surface area (Å²) in [5.74, 6) is -0.983. The summed E-state index contributed by atoms with van der Waals surface area (Å²) in [4.78, 5) is 39.8. The topological polar surface area (TPSA) is 120 Å². The lowest BCUT2D eigenvalue weighted by Gasteiger charge is -2.30. The number of phenols is 1. The second-order valence-electron chi connectivity index (χ2n) is 14.0. The van der Waals surface area contributed by atoms with Crippen LogP contribution in [0.5, 0.6) is 5.75 Å². The zero-order valence-electron chi connectivity index (χ0n) is 31.0. The predicted octanol–water partition coefficient (Wildman–Crippen LogP) is 10.7. The van der Waals surface area contributed by atoms with Crippen molar-refractivity contribution in [3.63, 3.8) is 0 Å². The van der Waals surface area contributed by atoms with E-state index in [-0.39, 0.29) is 34.2 Å². The Morgan fingerprint density at radius 2 is 1.17 bits per heavy atom. The second kappa shape index (κ2) is 16.1. The zero-order chi connectivity index (χ0) is 37.5. The van der Waals surface area contributed by atoms with Crippen LogP contribution in [0.1, 0.15) is 104 Å². The van der Waals surface area contributed by atoms with E-state index in [9.17, 15) is 19.5 Å². The third-order valence-corrected chi connectivity index (χ3v) is 10.6. The van der Waals surface area contributed by atoms with E-state index in [0.717, 1.165) is 40.6 Å². The SMILES string of the molecule is CCC(C)(CC)Nc1cccc2c(NCc3cccc(C(=O)Nc4ccc(O)c(NC(=O)c5cccc(C(=O)C(C)(CC)CC)c5)c4)c3)cccc12. The van der Waals surface area contributed by atoms with Crippen molar-refractivity contribution in [3.05, 3.63) is 125 Å². The maximum Gasteiger partial charge on any atom is 0.255 e. The summed E-state index contributed by atoms with van der Waals surface area (Å²) in [5, 5.41) is 25.7. The molecule has 270 valence electrons. The van der Waals surface area contributed by atoms with E-state index in [1.807, 2.05) is 39.0 Å². The molecule has 0 saturated heterocycles. The van der Waals surface area contributed by atoms with E-state index in [1.165, 1.54) is 12.1 Å². The lowest BCUT2D eigenvalue weighted by Crippen LogP contribution is -2.32. The highest BCUT2D eigenvalue weighted by atomic mass is 16.3. The monoisotopic (exact) mass is 698 g/mol. The van der Waals surface area contributed by atoms with Crippen LogP contribution in [0.4, 0.5) is 22.7 Å². The third-order valence-electron chi connectivity index (χ3n) is 10.6. The molecule has 8 heteroatoms. The van der Waals surface area contributed by atoms with Gasteiger partial charge in [0, 0.05) is 62.0 Å². The van der Waals surface area contributed by atoms with E-state index in [2.05, 4.69) is 78.4 Å². The first kappa shape index (κ1) is 37.6. The number of carbonyl (C=O) groups excluding carboxylic acids is 3. The van der Waals surface area contributed by atoms with Gasteiger partial charge in [-0.1, -0.05) is 83.1 Å². The Hall–Kier alpha value is -5.63. The number of fused-ring (bicyclic) bond motifs is 1. The summed E-state index contributed by atoms with van der Waals surface area (Å²) < 4.78 is 0. The third kappa shape index (κ3) is 8.45. The second-order valence-corrected chi connectivity index (χ2v) is 14.0. The van der Waals surface area contributed by atoms with Crippen molar-refractivity contribution in [2.75, 3.05) is 21.3 Å². The number of anilines is 4. The summed E-state index contributed by atoms with van der Waals surface area (Å²) in [6.07, 6.45) is 3.41. The standard InChI is InChI=1S/C44H50N4O4/c1-7-43(5,8-2)40(50)30-16-12-18-32(26-30)42(52)47-38-27-33(23-24-39(38)49)46-41(51)31-17-11-15-29(25-31)28-45-36-21-13-20-35-34(36)19-14-22-37(35)48-44(6,9-3)10-4/h11-27,45,48-49H,7-10,28H2,1-6H3,(H,46,51)(H,47,52). The van der Waals surface area contributed by atoms with Gasteiger partial charge in [-0.25, -0.2) is 0 Å². The van der Waals surface area contributed by atoms with Crippen LogP contribution in [0.2, 0.25) is 0 Å². The molecule has 0 aliphatic heterocycles. The summed E-state index contributed by atoms with van der Waals surface area (Å²) in [7, 11) is 0. The first-order valence-electron chi connectivity index (χ1n) is 18.2. The van der Waals surface area contributed by atoms with Crippen molar-refractivity contribution in [2.24, 2.45) is 5.41 Å². The molecule has 0 aromatic heterocycles. The minimum Gasteiger partial charge on any atom is -0.506 e. The first-order chi connectivity index (χ1) is 24.9. The van der Waals surface area contributed by atoms with E-state index in [0.29, 0.717) is 36.2 Å². The fraction of sp³-hybridized carbons (Fsp3) is 0.295. The van der Waals surface area contributed by atoms with Gasteiger partial charge in [0.05, 0.1) is 5.69 Å². The molecule has 5 N–H and O–H groups in total. The number of benzene rings is 5. The van der Waals surface area contributed by atoms with Crippen LogP contribution in [0.3, 0.4) is 0 Å². The van der Waals surface area contributed by atoms with Crippen molar-refractivity contribution < 1.29 is 19.5 Å². The molecule has 0 spiro atoms. The molecule has 8 nitrogen and oxygen atoms in total. The van der Waals surface area contributed by atoms with Gasteiger partial charge in [0.15, 0.2) is 5.78 Å². The van der Waals surface area contributed by atoms with Crippen LogP contribution in [0.25, 0.3) is 10.8 Å². The molecule has 0 bridgehead atoms. The number of hydrogen-bond donors (Lipinski definition) is 5. The number of Topliss-reactive ketones (excluding diaryl/α,β-unsaturated/α-hetero) is 1. The van der Waals surface area contributed by atoms with Gasteiger partial charge in [-0.05, 0) is 92.8 Å². The van der Waals surface area contributed by atoms with Gasteiger partial charge >= 0.3 is 0 Å². The number of aromatic hydroxyl groups is 1. The molecule has 2 amide bonds. The molecular weight excluding hydrogens is 649 g/mol. The Labute approximate surface area is 307 Å². The Kier molecular flexibility index (Phi) is 11.7. The van der Waals surface area contributed by atoms with Crippen molar-refractivity contribution >= 4 is 51.1 Å². The summed E-state index contributed by atoms with van der Waals surface area (Å²) in [6, 6.07) is 31.0. The van der Waals surface area contributed by atoms with Gasteiger partial charge in [-0.3, -0.25) is 14.4 Å². The molecule has 0 aliphatic carbocycles. The van der Waals surface area contributed by atoms with E-state index >= 15 is 0 Å². The summed E-state index contributed by atoms with van der Waals surface area (Å²) >= 11 is 0. The minimum absolute atomic E-state index is 0.00879. The van der Waals surface area contributed by atoms with Crippen LogP contribution in [-0.2, 0) is 6.54 Å². The van der Waals surface area contributed by atoms with Crippen molar-refractivity contribution in [3.8, 4) is 5.75 Å². The zero-order valence-corrected chi connectivity index (χ0v) is 31.0. The number of hydrogen-bond acceptors (Lipinski definition) is 6. The van der Waals surface area contributed by atoms with Crippen LogP contribution < -0.4 is 21.3 Å². The average molecular weight is 699 g/mol. The van der Waals surface area contributed by atoms with E-state index in [1.54, 1.807) is 36.4 Å². The van der Waals surface area contributed by atoms with Crippen molar-refractivity contribution in [1.29, 1.82) is 0 Å². The predicted molar refractivity (Wildman–Crippen MR) is 214 cm³/mol. The Morgan fingerprint density at radius 3 is 1.85 bits per heavy atom. The Morgan fingerprint density at radius 1 is 0.596 bits per heavy atom. The highest BCUT2D eigenvalue weighted by Gasteiger charge is 2.30. The van der Waals surface area contributed by atoms with Gasteiger partial charge in [-0.15, -0.1) is 0 Å². The first-order valence-corrected chi connectivity index (χ1v) is 18.2. The number of ketones is 1. The van der Waals surface area contributed by atoms with Crippen LogP contribution in [-0.4, -0.2) is 28.2 Å². The number of carbonyl (C=O) groups is 3. The van der Waals surface area contributed by atoms with Crippen LogP contribution in [0.15, 0.2) is 103 Å². The maximum absolute atomic E-state index is 13.4. The van der Waals surface area contributed by atoms with Crippen molar-refractivity contribution in [1.82, 2.24) is 0 Å². The maximum atomic E-state index is 13.4. The number of rotatable bonds is 15. The summed E-state index contributed by atoms with van der Waals surface area (Å²) in [5.41, 5.74) is 4.28. The lowest BCUT2D eigenvalue weighted by atomic mass is 9.77. The largest absolute Gasteiger partial charge is 0.506 e. The number of amides is 2. The minimum atomic E-state index is -0.514. The van der Waals surface area contributed by atoms with Crippen LogP contribution in [0, 0.1) is 5.41 Å². The van der Waals surface area contributed by atoms with Gasteiger partial charge in [-0.2, -0.15) is 0 Å². The number of phenolic OH excluding ortho intramolecular Hbond substituents is 1. The molecule has 0 unspecified atom stereocenters. The molecule has 0 radical (unpaired) electrons. The van der Waals surface area contributed by atoms with E-state index in [4.69, 9.17) is 0 Å². The normalized spacial score (nSPS) is 11.6. The molecule has 5 aromatic carbocycles. The highest BCUT2D eigenvalue weighted by molar-refractivity contribution is 6.09. The van der Waals surface area contributed by atoms with Crippen molar-refractivity contribution in [2.45, 2.75) is 79.3 Å². The molecule has 0 atom stereocenters. The molecule has 0 saturated carbocycles. The summed E-state index contributed by atoms with van der Waals surface area (Å²) in [6.45, 7) is 13.1. The molecule has 5 rings (SSSR count). The molecule has 0 fully saturated rings. The van der Waals surface area contributed by atoms with Gasteiger partial charge < -0.3 is 26.4 Å². The smallest absolute Gasteiger partial charge is 0.255 e. The molecular formula is C44H50N4O4. The lowest BCUT2D eigenvalue weighted by molar-refractivity contribution is 0.0802. The highest BCUT2D eigenvalue weighted by Crippen LogP contribution is 2.34. The van der Waals surface area contributed by atoms with E-state index < -0.39 is 11.3 Å². The molecule has 5 aromatic rings. The van der Waals surface area contributed by atoms with Crippen LogP contribution >= 0.6 is 0 Å². The van der Waals surface area contributed by atoms with Gasteiger partial charge in [0.25, 0.3) is 11.8 Å².